The van der Waals surface area contributed by atoms with Crippen molar-refractivity contribution >= 4 is 17.7 Å². The lowest BCUT2D eigenvalue weighted by molar-refractivity contribution is -0.139. The molecule has 8 heteroatoms. The summed E-state index contributed by atoms with van der Waals surface area (Å²) < 4.78 is 10.9. The molecule has 1 aromatic rings. The average molecular weight is 379 g/mol. The van der Waals surface area contributed by atoms with Crippen LogP contribution in [0.5, 0.6) is 11.5 Å². The van der Waals surface area contributed by atoms with E-state index in [9.17, 15) is 9.59 Å². The van der Waals surface area contributed by atoms with Crippen LogP contribution in [0.25, 0.3) is 0 Å². The Morgan fingerprint density at radius 2 is 2.04 bits per heavy atom. The molecule has 1 aliphatic carbocycles. The predicted octanol–water partition coefficient (Wildman–Crippen LogP) is 2.54. The third-order valence-corrected chi connectivity index (χ3v) is 4.51. The van der Waals surface area contributed by atoms with Gasteiger partial charge in [-0.25, -0.2) is 4.79 Å². The number of nitrogens with zero attached hydrogens (tertiary/aromatic N) is 1. The first-order chi connectivity index (χ1) is 12.8. The van der Waals surface area contributed by atoms with Crippen molar-refractivity contribution in [3.05, 3.63) is 18.2 Å². The third kappa shape index (κ3) is 6.02. The Labute approximate surface area is 159 Å². The van der Waals surface area contributed by atoms with Crippen molar-refractivity contribution in [2.75, 3.05) is 25.5 Å². The van der Waals surface area contributed by atoms with Gasteiger partial charge < -0.3 is 25.2 Å². The van der Waals surface area contributed by atoms with Gasteiger partial charge in [0.2, 0.25) is 0 Å². The number of aliphatic carboxylic acids is 1. The molecule has 1 aliphatic rings. The zero-order valence-corrected chi connectivity index (χ0v) is 16.3. The summed E-state index contributed by atoms with van der Waals surface area (Å²) in [7, 11) is 1.56. The Bertz CT molecular complexity index is 659. The van der Waals surface area contributed by atoms with E-state index in [1.54, 1.807) is 25.3 Å². The second kappa shape index (κ2) is 9.45. The number of amides is 2. The minimum atomic E-state index is -0.832. The highest BCUT2D eigenvalue weighted by atomic mass is 16.5. The van der Waals surface area contributed by atoms with Gasteiger partial charge in [0.1, 0.15) is 11.5 Å². The van der Waals surface area contributed by atoms with Gasteiger partial charge in [-0.05, 0) is 45.4 Å². The third-order valence-electron chi connectivity index (χ3n) is 4.51. The summed E-state index contributed by atoms with van der Waals surface area (Å²) in [4.78, 5) is 25.2. The molecule has 0 heterocycles. The number of methoxy groups -OCH3 is 1. The minimum absolute atomic E-state index is 0.0244. The molecule has 1 aromatic carbocycles. The van der Waals surface area contributed by atoms with Crippen molar-refractivity contribution in [3.63, 3.8) is 0 Å². The maximum Gasteiger partial charge on any atom is 0.319 e. The van der Waals surface area contributed by atoms with Crippen molar-refractivity contribution in [2.24, 2.45) is 0 Å². The lowest BCUT2D eigenvalue weighted by Gasteiger charge is -2.42. The topological polar surface area (TPSA) is 100 Å². The van der Waals surface area contributed by atoms with E-state index in [1.165, 1.54) is 0 Å². The number of hydrogen-bond donors (Lipinski definition) is 3. The van der Waals surface area contributed by atoms with Crippen LogP contribution in [-0.2, 0) is 4.79 Å². The average Bonchev–Trinajstić information content (AvgIpc) is 2.56. The minimum Gasteiger partial charge on any atom is -0.497 e. The molecule has 2 amide bonds. The first-order valence-electron chi connectivity index (χ1n) is 9.20. The van der Waals surface area contributed by atoms with Crippen LogP contribution in [0, 0.1) is 0 Å². The van der Waals surface area contributed by atoms with Crippen molar-refractivity contribution in [2.45, 2.75) is 51.8 Å². The van der Waals surface area contributed by atoms with Gasteiger partial charge >= 0.3 is 12.0 Å². The van der Waals surface area contributed by atoms with Gasteiger partial charge in [0, 0.05) is 18.2 Å². The van der Waals surface area contributed by atoms with Crippen LogP contribution in [0.4, 0.5) is 10.5 Å². The monoisotopic (exact) mass is 379 g/mol. The number of rotatable bonds is 9. The van der Waals surface area contributed by atoms with Crippen molar-refractivity contribution in [1.82, 2.24) is 10.2 Å². The summed E-state index contributed by atoms with van der Waals surface area (Å²) in [6.07, 6.45) is 1.45. The quantitative estimate of drug-likeness (QED) is 0.610. The van der Waals surface area contributed by atoms with E-state index in [2.05, 4.69) is 10.6 Å². The van der Waals surface area contributed by atoms with Gasteiger partial charge in [-0.2, -0.15) is 0 Å². The lowest BCUT2D eigenvalue weighted by Crippen LogP contribution is -2.55. The van der Waals surface area contributed by atoms with Crippen LogP contribution in [0.3, 0.4) is 0 Å². The van der Waals surface area contributed by atoms with Crippen LogP contribution in [-0.4, -0.2) is 60.4 Å². The van der Waals surface area contributed by atoms with Crippen LogP contribution in [0.2, 0.25) is 0 Å². The first kappa shape index (κ1) is 20.8. The second-order valence-corrected chi connectivity index (χ2v) is 6.91. The number of likely N-dealkylation sites (N-methyl/N-ethyl adjacent to an activating group) is 1. The Kier molecular flexibility index (Phi) is 7.29. The maximum atomic E-state index is 12.4. The standard InChI is InChI=1S/C19H29N3O5/c1-5-22(11-18(23)24)14-8-13(9-14)20-19(25)21-16-10-15(26-4)6-7-17(16)27-12(2)3/h6-7,10,12-14H,5,8-9,11H2,1-4H3,(H,23,24)(H2,20,21,25). The zero-order chi connectivity index (χ0) is 20.0. The molecule has 1 fully saturated rings. The van der Waals surface area contributed by atoms with Crippen molar-refractivity contribution < 1.29 is 24.2 Å². The number of ether oxygens (including phenoxy) is 2. The summed E-state index contributed by atoms with van der Waals surface area (Å²) >= 11 is 0. The summed E-state index contributed by atoms with van der Waals surface area (Å²) in [6.45, 7) is 6.48. The summed E-state index contributed by atoms with van der Waals surface area (Å²) in [6, 6.07) is 5.15. The van der Waals surface area contributed by atoms with Gasteiger partial charge in [0.15, 0.2) is 0 Å². The highest BCUT2D eigenvalue weighted by Gasteiger charge is 2.34. The van der Waals surface area contributed by atoms with E-state index < -0.39 is 5.97 Å². The van der Waals surface area contributed by atoms with Gasteiger partial charge in [-0.3, -0.25) is 9.69 Å². The highest BCUT2D eigenvalue weighted by Crippen LogP contribution is 2.30. The normalized spacial score (nSPS) is 18.7. The highest BCUT2D eigenvalue weighted by molar-refractivity contribution is 5.91. The van der Waals surface area contributed by atoms with E-state index in [1.807, 2.05) is 25.7 Å². The Morgan fingerprint density at radius 3 is 2.59 bits per heavy atom. The molecule has 150 valence electrons. The zero-order valence-electron chi connectivity index (χ0n) is 16.3. The number of hydrogen-bond acceptors (Lipinski definition) is 5. The number of anilines is 1. The molecule has 2 rings (SSSR count). The van der Waals surface area contributed by atoms with E-state index >= 15 is 0 Å². The fourth-order valence-corrected chi connectivity index (χ4v) is 3.11. The molecule has 1 saturated carbocycles. The van der Waals surface area contributed by atoms with Crippen molar-refractivity contribution in [1.29, 1.82) is 0 Å². The van der Waals surface area contributed by atoms with Gasteiger partial charge in [-0.15, -0.1) is 0 Å². The second-order valence-electron chi connectivity index (χ2n) is 6.91. The number of urea groups is 1. The van der Waals surface area contributed by atoms with E-state index in [0.717, 1.165) is 12.8 Å². The molecule has 0 radical (unpaired) electrons. The van der Waals surface area contributed by atoms with Crippen LogP contribution in [0.15, 0.2) is 18.2 Å². The van der Waals surface area contributed by atoms with E-state index in [0.29, 0.717) is 23.7 Å². The first-order valence-corrected chi connectivity index (χ1v) is 9.20. The molecule has 0 saturated heterocycles. The Morgan fingerprint density at radius 1 is 1.33 bits per heavy atom. The molecule has 27 heavy (non-hydrogen) atoms. The number of carbonyl (C=O) groups excluding carboxylic acids is 1. The molecule has 0 aliphatic heterocycles. The molecule has 0 unspecified atom stereocenters. The summed E-state index contributed by atoms with van der Waals surface area (Å²) in [5.74, 6) is 0.366. The van der Waals surface area contributed by atoms with Gasteiger partial charge in [0.25, 0.3) is 0 Å². The van der Waals surface area contributed by atoms with Crippen LogP contribution in [0.1, 0.15) is 33.6 Å². The Balaban J connectivity index is 1.90. The molecule has 8 nitrogen and oxygen atoms in total. The largest absolute Gasteiger partial charge is 0.497 e. The Hall–Kier alpha value is -2.48. The lowest BCUT2D eigenvalue weighted by atomic mass is 9.85. The number of carboxylic acid groups (broad SMARTS) is 1. The van der Waals surface area contributed by atoms with Crippen molar-refractivity contribution in [3.8, 4) is 11.5 Å². The SMILES string of the molecule is CCN(CC(=O)O)C1CC(NC(=O)Nc2cc(OC)ccc2OC(C)C)C1. The molecule has 0 spiro atoms. The molecular formula is C19H29N3O5. The fraction of sp³-hybridized carbons (Fsp3) is 0.579. The van der Waals surface area contributed by atoms with E-state index in [-0.39, 0.29) is 30.8 Å². The fourth-order valence-electron chi connectivity index (χ4n) is 3.11. The molecular weight excluding hydrogens is 350 g/mol. The smallest absolute Gasteiger partial charge is 0.319 e. The predicted molar refractivity (Wildman–Crippen MR) is 103 cm³/mol. The van der Waals surface area contributed by atoms with E-state index in [4.69, 9.17) is 14.6 Å². The summed E-state index contributed by atoms with van der Waals surface area (Å²) in [5.41, 5.74) is 0.539. The maximum absolute atomic E-state index is 12.4. The summed E-state index contributed by atoms with van der Waals surface area (Å²) in [5, 5.41) is 14.7. The van der Waals surface area contributed by atoms with Gasteiger partial charge in [0.05, 0.1) is 25.4 Å². The number of benzene rings is 1. The number of nitrogens with one attached hydrogen (secondary N) is 2. The van der Waals surface area contributed by atoms with Crippen LogP contribution >= 0.6 is 0 Å². The number of carbonyl (C=O) groups is 2. The van der Waals surface area contributed by atoms with Crippen LogP contribution < -0.4 is 20.1 Å². The molecule has 0 atom stereocenters. The number of carboxylic acids is 1. The molecule has 0 aromatic heterocycles. The molecule has 3 N–H and O–H groups in total. The molecule has 0 bridgehead atoms. The van der Waals surface area contributed by atoms with Gasteiger partial charge in [-0.1, -0.05) is 6.92 Å².